The quantitative estimate of drug-likeness (QED) is 0.410. The lowest BCUT2D eigenvalue weighted by molar-refractivity contribution is -0.385. The topological polar surface area (TPSA) is 82.3 Å². The molecule has 0 saturated heterocycles. The first kappa shape index (κ1) is 10.1. The average Bonchev–Trinajstić information content (AvgIpc) is 2.15. The van der Waals surface area contributed by atoms with Crippen molar-refractivity contribution in [1.82, 2.24) is 4.98 Å². The van der Waals surface area contributed by atoms with Gasteiger partial charge in [-0.2, -0.15) is 0 Å². The summed E-state index contributed by atoms with van der Waals surface area (Å²) in [5.41, 5.74) is 0.379. The predicted molar refractivity (Wildman–Crippen MR) is 46.4 cm³/mol. The molecule has 0 radical (unpaired) electrons. The van der Waals surface area contributed by atoms with Gasteiger partial charge in [0.25, 0.3) is 5.69 Å². The molecule has 1 aromatic rings. The number of hydrogen-bond donors (Lipinski definition) is 0. The Kier molecular flexibility index (Phi) is 3.11. The van der Waals surface area contributed by atoms with Gasteiger partial charge in [0.1, 0.15) is 12.8 Å². The van der Waals surface area contributed by atoms with E-state index in [-0.39, 0.29) is 12.3 Å². The van der Waals surface area contributed by atoms with Crippen molar-refractivity contribution in [1.29, 1.82) is 0 Å². The minimum Gasteiger partial charge on any atom is -0.461 e. The van der Waals surface area contributed by atoms with E-state index in [1.807, 2.05) is 0 Å². The molecule has 0 unspecified atom stereocenters. The number of esters is 1. The van der Waals surface area contributed by atoms with Crippen molar-refractivity contribution in [3.8, 4) is 0 Å². The van der Waals surface area contributed by atoms with Gasteiger partial charge in [-0.15, -0.1) is 0 Å². The fourth-order valence-electron chi connectivity index (χ4n) is 0.838. The van der Waals surface area contributed by atoms with E-state index in [4.69, 9.17) is 0 Å². The Morgan fingerprint density at radius 1 is 1.64 bits per heavy atom. The molecule has 1 aromatic heterocycles. The van der Waals surface area contributed by atoms with Crippen molar-refractivity contribution in [3.63, 3.8) is 0 Å². The van der Waals surface area contributed by atoms with E-state index in [0.717, 1.165) is 6.20 Å². The summed E-state index contributed by atoms with van der Waals surface area (Å²) in [6.45, 7) is 1.27. The molecule has 0 spiro atoms. The van der Waals surface area contributed by atoms with Crippen molar-refractivity contribution in [2.75, 3.05) is 0 Å². The Balaban J connectivity index is 2.73. The molecule has 6 heteroatoms. The average molecular weight is 196 g/mol. The lowest BCUT2D eigenvalue weighted by Gasteiger charge is -2.00. The van der Waals surface area contributed by atoms with Crippen LogP contribution < -0.4 is 0 Å². The van der Waals surface area contributed by atoms with Crippen LogP contribution in [0.3, 0.4) is 0 Å². The number of carbonyl (C=O) groups excluding carboxylic acids is 1. The number of carbonyl (C=O) groups is 1. The maximum absolute atomic E-state index is 10.5. The Morgan fingerprint density at radius 2 is 2.36 bits per heavy atom. The van der Waals surface area contributed by atoms with Crippen LogP contribution in [0.4, 0.5) is 5.69 Å². The summed E-state index contributed by atoms with van der Waals surface area (Å²) in [4.78, 5) is 23.9. The van der Waals surface area contributed by atoms with Gasteiger partial charge < -0.3 is 4.74 Å². The highest BCUT2D eigenvalue weighted by Crippen LogP contribution is 2.11. The molecule has 0 aliphatic carbocycles. The predicted octanol–water partition coefficient (Wildman–Crippen LogP) is 1.05. The number of hydrogen-bond acceptors (Lipinski definition) is 5. The molecule has 0 amide bonds. The summed E-state index contributed by atoms with van der Waals surface area (Å²) in [6.07, 6.45) is 2.55. The van der Waals surface area contributed by atoms with Gasteiger partial charge in [-0.3, -0.25) is 19.9 Å². The molecule has 0 fully saturated rings. The second kappa shape index (κ2) is 4.31. The van der Waals surface area contributed by atoms with Crippen molar-refractivity contribution < 1.29 is 14.5 Å². The molecule has 0 saturated carbocycles. The zero-order valence-corrected chi connectivity index (χ0v) is 7.47. The first-order valence-corrected chi connectivity index (χ1v) is 3.81. The van der Waals surface area contributed by atoms with Crippen molar-refractivity contribution in [2.45, 2.75) is 13.5 Å². The van der Waals surface area contributed by atoms with E-state index in [9.17, 15) is 14.9 Å². The number of pyridine rings is 1. The summed E-state index contributed by atoms with van der Waals surface area (Å²) >= 11 is 0. The highest BCUT2D eigenvalue weighted by atomic mass is 16.6. The van der Waals surface area contributed by atoms with Crippen LogP contribution in [0, 0.1) is 10.1 Å². The number of aromatic nitrogens is 1. The SMILES string of the molecule is CC(=O)OCc1cncc([N+](=O)[O-])c1. The molecule has 0 aliphatic heterocycles. The first-order chi connectivity index (χ1) is 6.59. The summed E-state index contributed by atoms with van der Waals surface area (Å²) in [5.74, 6) is -0.434. The molecule has 0 bridgehead atoms. The highest BCUT2D eigenvalue weighted by Gasteiger charge is 2.07. The Bertz CT molecular complexity index is 364. The van der Waals surface area contributed by atoms with Crippen LogP contribution in [0.25, 0.3) is 0 Å². The van der Waals surface area contributed by atoms with E-state index < -0.39 is 10.9 Å². The summed E-state index contributed by atoms with van der Waals surface area (Å²) in [7, 11) is 0. The zero-order valence-electron chi connectivity index (χ0n) is 7.47. The molecular weight excluding hydrogens is 188 g/mol. The fraction of sp³-hybridized carbons (Fsp3) is 0.250. The van der Waals surface area contributed by atoms with Gasteiger partial charge in [0.2, 0.25) is 0 Å². The van der Waals surface area contributed by atoms with E-state index in [1.165, 1.54) is 19.2 Å². The summed E-state index contributed by atoms with van der Waals surface area (Å²) < 4.78 is 4.66. The monoisotopic (exact) mass is 196 g/mol. The van der Waals surface area contributed by atoms with E-state index in [0.29, 0.717) is 5.56 Å². The first-order valence-electron chi connectivity index (χ1n) is 3.81. The number of nitro groups is 1. The molecular formula is C8H8N2O4. The van der Waals surface area contributed by atoms with Gasteiger partial charge in [0, 0.05) is 24.8 Å². The molecule has 6 nitrogen and oxygen atoms in total. The van der Waals surface area contributed by atoms with Crippen LogP contribution in [-0.2, 0) is 16.1 Å². The second-order valence-electron chi connectivity index (χ2n) is 2.59. The van der Waals surface area contributed by atoms with E-state index in [1.54, 1.807) is 0 Å². The molecule has 14 heavy (non-hydrogen) atoms. The van der Waals surface area contributed by atoms with Crippen molar-refractivity contribution >= 4 is 11.7 Å². The zero-order chi connectivity index (χ0) is 10.6. The normalized spacial score (nSPS) is 9.50. The minimum absolute atomic E-state index is 0.00398. The third kappa shape index (κ3) is 2.81. The third-order valence-corrected chi connectivity index (χ3v) is 1.43. The lowest BCUT2D eigenvalue weighted by Crippen LogP contribution is -2.00. The molecule has 1 heterocycles. The fourth-order valence-corrected chi connectivity index (χ4v) is 0.838. The molecule has 0 aliphatic rings. The van der Waals surface area contributed by atoms with E-state index >= 15 is 0 Å². The molecule has 1 rings (SSSR count). The maximum atomic E-state index is 10.5. The Labute approximate surface area is 79.7 Å². The molecule has 0 atom stereocenters. The number of nitrogens with zero attached hydrogens (tertiary/aromatic N) is 2. The van der Waals surface area contributed by atoms with Gasteiger partial charge >= 0.3 is 5.97 Å². The van der Waals surface area contributed by atoms with Crippen LogP contribution in [-0.4, -0.2) is 15.9 Å². The number of ether oxygens (including phenoxy) is 1. The van der Waals surface area contributed by atoms with Crippen molar-refractivity contribution in [3.05, 3.63) is 34.1 Å². The smallest absolute Gasteiger partial charge is 0.302 e. The Morgan fingerprint density at radius 3 is 2.93 bits per heavy atom. The summed E-state index contributed by atoms with van der Waals surface area (Å²) in [5, 5.41) is 10.3. The third-order valence-electron chi connectivity index (χ3n) is 1.43. The maximum Gasteiger partial charge on any atom is 0.302 e. The largest absolute Gasteiger partial charge is 0.461 e. The second-order valence-corrected chi connectivity index (χ2v) is 2.59. The lowest BCUT2D eigenvalue weighted by atomic mass is 10.3. The van der Waals surface area contributed by atoms with Gasteiger partial charge in [-0.05, 0) is 0 Å². The van der Waals surface area contributed by atoms with Crippen molar-refractivity contribution in [2.24, 2.45) is 0 Å². The van der Waals surface area contributed by atoms with Crippen LogP contribution in [0.2, 0.25) is 0 Å². The molecule has 0 aromatic carbocycles. The van der Waals surface area contributed by atoms with E-state index in [2.05, 4.69) is 9.72 Å². The molecule has 74 valence electrons. The van der Waals surface area contributed by atoms with Crippen LogP contribution >= 0.6 is 0 Å². The molecule has 0 N–H and O–H groups in total. The summed E-state index contributed by atoms with van der Waals surface area (Å²) in [6, 6.07) is 1.32. The van der Waals surface area contributed by atoms with Gasteiger partial charge in [-0.1, -0.05) is 0 Å². The van der Waals surface area contributed by atoms with Gasteiger partial charge in [0.15, 0.2) is 0 Å². The van der Waals surface area contributed by atoms with Crippen LogP contribution in [0.1, 0.15) is 12.5 Å². The van der Waals surface area contributed by atoms with Gasteiger partial charge in [-0.25, -0.2) is 0 Å². The van der Waals surface area contributed by atoms with Gasteiger partial charge in [0.05, 0.1) is 4.92 Å². The number of rotatable bonds is 3. The minimum atomic E-state index is -0.551. The van der Waals surface area contributed by atoms with Crippen LogP contribution in [0.5, 0.6) is 0 Å². The Hall–Kier alpha value is -1.98. The van der Waals surface area contributed by atoms with Crippen LogP contribution in [0.15, 0.2) is 18.5 Å². The highest BCUT2D eigenvalue weighted by molar-refractivity contribution is 5.65. The standard InChI is InChI=1S/C8H8N2O4/c1-6(11)14-5-7-2-8(10(12)13)4-9-3-7/h2-4H,5H2,1H3.